The predicted octanol–water partition coefficient (Wildman–Crippen LogP) is 2.99. The van der Waals surface area contributed by atoms with Crippen molar-refractivity contribution in [1.29, 1.82) is 0 Å². The summed E-state index contributed by atoms with van der Waals surface area (Å²) in [6.45, 7) is 7.48. The average Bonchev–Trinajstić information content (AvgIpc) is 2.20. The highest BCUT2D eigenvalue weighted by atomic mass is 16.5. The molecule has 0 saturated heterocycles. The summed E-state index contributed by atoms with van der Waals surface area (Å²) < 4.78 is 5.83. The van der Waals surface area contributed by atoms with E-state index in [4.69, 9.17) is 4.74 Å². The van der Waals surface area contributed by atoms with Crippen molar-refractivity contribution in [1.82, 2.24) is 0 Å². The third-order valence-electron chi connectivity index (χ3n) is 3.40. The number of hydrogen-bond acceptors (Lipinski definition) is 2. The first-order chi connectivity index (χ1) is 7.13. The van der Waals surface area contributed by atoms with E-state index in [2.05, 4.69) is 20.8 Å². The molecule has 0 aliphatic heterocycles. The van der Waals surface area contributed by atoms with Crippen LogP contribution in [-0.2, 0) is 4.74 Å². The van der Waals surface area contributed by atoms with Gasteiger partial charge in [0.1, 0.15) is 0 Å². The first-order valence-corrected chi connectivity index (χ1v) is 6.43. The average molecular weight is 214 g/mol. The second-order valence-corrected chi connectivity index (χ2v) is 5.25. The smallest absolute Gasteiger partial charge is 0.0836 e. The van der Waals surface area contributed by atoms with Crippen LogP contribution < -0.4 is 0 Å². The van der Waals surface area contributed by atoms with Crippen LogP contribution in [0.3, 0.4) is 0 Å². The molecule has 0 radical (unpaired) electrons. The Morgan fingerprint density at radius 2 is 2.13 bits per heavy atom. The summed E-state index contributed by atoms with van der Waals surface area (Å²) in [6.07, 6.45) is 5.38. The second kappa shape index (κ2) is 6.49. The highest BCUT2D eigenvalue weighted by Gasteiger charge is 2.27. The minimum absolute atomic E-state index is 0.0908. The first-order valence-electron chi connectivity index (χ1n) is 6.43. The van der Waals surface area contributed by atoms with Gasteiger partial charge in [0.05, 0.1) is 12.2 Å². The molecule has 0 aromatic heterocycles. The van der Waals surface area contributed by atoms with Crippen molar-refractivity contribution in [2.75, 3.05) is 6.61 Å². The van der Waals surface area contributed by atoms with Crippen LogP contribution in [0.2, 0.25) is 0 Å². The van der Waals surface area contributed by atoms with Gasteiger partial charge in [-0.25, -0.2) is 0 Å². The Morgan fingerprint density at radius 1 is 1.40 bits per heavy atom. The zero-order valence-electron chi connectivity index (χ0n) is 10.4. The van der Waals surface area contributed by atoms with Crippen LogP contribution in [0.25, 0.3) is 0 Å². The Morgan fingerprint density at radius 3 is 2.80 bits per heavy atom. The predicted molar refractivity (Wildman–Crippen MR) is 62.8 cm³/mol. The van der Waals surface area contributed by atoms with Gasteiger partial charge in [-0.05, 0) is 37.5 Å². The maximum absolute atomic E-state index is 9.80. The van der Waals surface area contributed by atoms with Gasteiger partial charge in [0.2, 0.25) is 0 Å². The molecule has 0 spiro atoms. The van der Waals surface area contributed by atoms with Crippen molar-refractivity contribution >= 4 is 0 Å². The van der Waals surface area contributed by atoms with Crippen LogP contribution >= 0.6 is 0 Å². The van der Waals surface area contributed by atoms with Crippen LogP contribution in [0, 0.1) is 11.8 Å². The zero-order valence-corrected chi connectivity index (χ0v) is 10.4. The fourth-order valence-electron chi connectivity index (χ4n) is 2.36. The molecule has 1 aliphatic rings. The topological polar surface area (TPSA) is 29.5 Å². The number of ether oxygens (including phenoxy) is 1. The van der Waals surface area contributed by atoms with E-state index >= 15 is 0 Å². The van der Waals surface area contributed by atoms with Crippen LogP contribution in [0.15, 0.2) is 0 Å². The molecular weight excluding hydrogens is 188 g/mol. The summed E-state index contributed by atoms with van der Waals surface area (Å²) in [5.74, 6) is 1.33. The molecule has 0 bridgehead atoms. The molecule has 1 rings (SSSR count). The maximum Gasteiger partial charge on any atom is 0.0836 e. The minimum Gasteiger partial charge on any atom is -0.390 e. The Kier molecular flexibility index (Phi) is 5.62. The molecule has 0 aromatic carbocycles. The van der Waals surface area contributed by atoms with Gasteiger partial charge in [-0.3, -0.25) is 0 Å². The summed E-state index contributed by atoms with van der Waals surface area (Å²) in [5.41, 5.74) is 0. The summed E-state index contributed by atoms with van der Waals surface area (Å²) in [7, 11) is 0. The number of aliphatic hydroxyl groups is 1. The van der Waals surface area contributed by atoms with E-state index in [-0.39, 0.29) is 12.2 Å². The van der Waals surface area contributed by atoms with Crippen LogP contribution in [0.4, 0.5) is 0 Å². The molecule has 1 saturated carbocycles. The van der Waals surface area contributed by atoms with E-state index in [0.29, 0.717) is 11.8 Å². The van der Waals surface area contributed by atoms with E-state index in [1.54, 1.807) is 0 Å². The molecule has 0 heterocycles. The summed E-state index contributed by atoms with van der Waals surface area (Å²) in [5, 5.41) is 9.80. The van der Waals surface area contributed by atoms with Gasteiger partial charge in [-0.1, -0.05) is 27.2 Å². The number of aliphatic hydroxyl groups excluding tert-OH is 1. The summed E-state index contributed by atoms with van der Waals surface area (Å²) in [4.78, 5) is 0. The first kappa shape index (κ1) is 13.0. The van der Waals surface area contributed by atoms with Crippen LogP contribution in [-0.4, -0.2) is 23.9 Å². The summed E-state index contributed by atoms with van der Waals surface area (Å²) >= 11 is 0. The fourth-order valence-corrected chi connectivity index (χ4v) is 2.36. The van der Waals surface area contributed by atoms with Gasteiger partial charge in [-0.15, -0.1) is 0 Å². The molecule has 4 atom stereocenters. The molecule has 1 aliphatic carbocycles. The Bertz CT molecular complexity index is 170. The quantitative estimate of drug-likeness (QED) is 0.762. The standard InChI is InChI=1S/C13H26O2/c1-4-5-11(3)9-15-13-8-10(2)6-7-12(13)14/h10-14H,4-9H2,1-3H3. The molecule has 2 heteroatoms. The lowest BCUT2D eigenvalue weighted by Gasteiger charge is -2.32. The van der Waals surface area contributed by atoms with E-state index < -0.39 is 0 Å². The monoisotopic (exact) mass is 214 g/mol. The van der Waals surface area contributed by atoms with E-state index in [1.165, 1.54) is 12.8 Å². The van der Waals surface area contributed by atoms with E-state index in [1.807, 2.05) is 0 Å². The maximum atomic E-state index is 9.80. The minimum atomic E-state index is -0.227. The second-order valence-electron chi connectivity index (χ2n) is 5.25. The normalized spacial score (nSPS) is 34.0. The Hall–Kier alpha value is -0.0800. The molecular formula is C13H26O2. The number of hydrogen-bond donors (Lipinski definition) is 1. The third kappa shape index (κ3) is 4.52. The molecule has 1 fully saturated rings. The molecule has 1 N–H and O–H groups in total. The van der Waals surface area contributed by atoms with Crippen molar-refractivity contribution in [3.05, 3.63) is 0 Å². The highest BCUT2D eigenvalue weighted by molar-refractivity contribution is 4.78. The van der Waals surface area contributed by atoms with Gasteiger partial charge in [0.15, 0.2) is 0 Å². The molecule has 4 unspecified atom stereocenters. The van der Waals surface area contributed by atoms with Crippen LogP contribution in [0.5, 0.6) is 0 Å². The molecule has 0 amide bonds. The Balaban J connectivity index is 2.23. The highest BCUT2D eigenvalue weighted by Crippen LogP contribution is 2.26. The third-order valence-corrected chi connectivity index (χ3v) is 3.40. The molecule has 15 heavy (non-hydrogen) atoms. The lowest BCUT2D eigenvalue weighted by atomic mass is 9.86. The lowest BCUT2D eigenvalue weighted by molar-refractivity contribution is -0.0781. The van der Waals surface area contributed by atoms with Crippen molar-refractivity contribution in [2.24, 2.45) is 11.8 Å². The zero-order chi connectivity index (χ0) is 11.3. The van der Waals surface area contributed by atoms with Crippen LogP contribution in [0.1, 0.15) is 52.9 Å². The van der Waals surface area contributed by atoms with Crippen molar-refractivity contribution in [3.8, 4) is 0 Å². The van der Waals surface area contributed by atoms with E-state index in [0.717, 1.165) is 25.9 Å². The SMILES string of the molecule is CCCC(C)COC1CC(C)CCC1O. The lowest BCUT2D eigenvalue weighted by Crippen LogP contribution is -2.36. The number of rotatable bonds is 5. The molecule has 0 aromatic rings. The van der Waals surface area contributed by atoms with Gasteiger partial charge in [0, 0.05) is 6.61 Å². The molecule has 2 nitrogen and oxygen atoms in total. The van der Waals surface area contributed by atoms with Gasteiger partial charge in [-0.2, -0.15) is 0 Å². The Labute approximate surface area is 94.0 Å². The van der Waals surface area contributed by atoms with E-state index in [9.17, 15) is 5.11 Å². The summed E-state index contributed by atoms with van der Waals surface area (Å²) in [6, 6.07) is 0. The van der Waals surface area contributed by atoms with Gasteiger partial charge < -0.3 is 9.84 Å². The van der Waals surface area contributed by atoms with Crippen molar-refractivity contribution in [3.63, 3.8) is 0 Å². The largest absolute Gasteiger partial charge is 0.390 e. The molecule has 90 valence electrons. The van der Waals surface area contributed by atoms with Crippen molar-refractivity contribution < 1.29 is 9.84 Å². The van der Waals surface area contributed by atoms with Gasteiger partial charge in [0.25, 0.3) is 0 Å². The van der Waals surface area contributed by atoms with Gasteiger partial charge >= 0.3 is 0 Å². The van der Waals surface area contributed by atoms with Crippen molar-refractivity contribution in [2.45, 2.75) is 65.1 Å². The fraction of sp³-hybridized carbons (Fsp3) is 1.00.